The summed E-state index contributed by atoms with van der Waals surface area (Å²) >= 11 is 1.52. The molecule has 1 aromatic heterocycles. The summed E-state index contributed by atoms with van der Waals surface area (Å²) in [7, 11) is 0. The number of amides is 1. The van der Waals surface area contributed by atoms with E-state index in [9.17, 15) is 4.79 Å². The van der Waals surface area contributed by atoms with Crippen LogP contribution < -0.4 is 5.32 Å². The number of carbonyl (C=O) groups excluding carboxylic acids is 1. The first-order valence-electron chi connectivity index (χ1n) is 4.04. The van der Waals surface area contributed by atoms with Gasteiger partial charge in [0, 0.05) is 12.0 Å². The Bertz CT molecular complexity index is 249. The first-order valence-corrected chi connectivity index (χ1v) is 4.98. The Balaban J connectivity index is 2.15. The van der Waals surface area contributed by atoms with Crippen molar-refractivity contribution in [3.63, 3.8) is 0 Å². The quantitative estimate of drug-likeness (QED) is 0.764. The monoisotopic (exact) mass is 200 g/mol. The number of carbonyl (C=O) groups is 1. The van der Waals surface area contributed by atoms with Crippen molar-refractivity contribution in [3.8, 4) is 0 Å². The van der Waals surface area contributed by atoms with Gasteiger partial charge >= 0.3 is 0 Å². The Morgan fingerprint density at radius 1 is 1.77 bits per heavy atom. The van der Waals surface area contributed by atoms with Crippen molar-refractivity contribution in [1.29, 1.82) is 0 Å². The second-order valence-electron chi connectivity index (χ2n) is 2.39. The van der Waals surface area contributed by atoms with Crippen molar-refractivity contribution in [3.05, 3.63) is 16.6 Å². The van der Waals surface area contributed by atoms with Gasteiger partial charge in [-0.2, -0.15) is 0 Å². The summed E-state index contributed by atoms with van der Waals surface area (Å²) in [6.07, 6.45) is 0. The van der Waals surface area contributed by atoms with E-state index in [2.05, 4.69) is 10.3 Å². The summed E-state index contributed by atoms with van der Waals surface area (Å²) in [5, 5.41) is 4.60. The highest BCUT2D eigenvalue weighted by Crippen LogP contribution is 1.99. The van der Waals surface area contributed by atoms with Crippen LogP contribution in [0.15, 0.2) is 10.9 Å². The third-order valence-electron chi connectivity index (χ3n) is 1.39. The van der Waals surface area contributed by atoms with Gasteiger partial charge < -0.3 is 10.1 Å². The molecule has 0 spiro atoms. The van der Waals surface area contributed by atoms with Gasteiger partial charge in [-0.25, -0.2) is 4.98 Å². The third kappa shape index (κ3) is 4.00. The molecule has 0 saturated carbocycles. The zero-order chi connectivity index (χ0) is 9.52. The molecule has 72 valence electrons. The molecule has 1 amide bonds. The van der Waals surface area contributed by atoms with Gasteiger partial charge in [0.05, 0.1) is 17.7 Å². The maximum Gasteiger partial charge on any atom is 0.246 e. The molecule has 0 aliphatic carbocycles. The van der Waals surface area contributed by atoms with E-state index in [4.69, 9.17) is 4.74 Å². The van der Waals surface area contributed by atoms with Gasteiger partial charge in [-0.1, -0.05) is 0 Å². The van der Waals surface area contributed by atoms with E-state index >= 15 is 0 Å². The molecule has 4 nitrogen and oxygen atoms in total. The molecule has 1 heterocycles. The van der Waals surface area contributed by atoms with Gasteiger partial charge in [0.1, 0.15) is 6.61 Å². The maximum absolute atomic E-state index is 11.0. The van der Waals surface area contributed by atoms with E-state index in [1.807, 2.05) is 12.3 Å². The molecule has 0 bridgehead atoms. The summed E-state index contributed by atoms with van der Waals surface area (Å²) in [5.74, 6) is -0.102. The Morgan fingerprint density at radius 3 is 3.23 bits per heavy atom. The second-order valence-corrected chi connectivity index (χ2v) is 3.11. The van der Waals surface area contributed by atoms with Crippen molar-refractivity contribution < 1.29 is 9.53 Å². The molecule has 0 unspecified atom stereocenters. The number of hydrogen-bond donors (Lipinski definition) is 1. The summed E-state index contributed by atoms with van der Waals surface area (Å²) < 4.78 is 4.94. The number of nitrogens with one attached hydrogen (secondary N) is 1. The summed E-state index contributed by atoms with van der Waals surface area (Å²) in [6, 6.07) is 0. The Morgan fingerprint density at radius 2 is 2.62 bits per heavy atom. The van der Waals surface area contributed by atoms with Crippen LogP contribution in [-0.4, -0.2) is 24.1 Å². The molecule has 5 heteroatoms. The van der Waals surface area contributed by atoms with Crippen molar-refractivity contribution in [2.24, 2.45) is 0 Å². The predicted octanol–water partition coefficient (Wildman–Crippen LogP) is 0.796. The lowest BCUT2D eigenvalue weighted by Crippen LogP contribution is -2.27. The fourth-order valence-electron chi connectivity index (χ4n) is 0.760. The molecule has 0 radical (unpaired) electrons. The number of hydrogen-bond acceptors (Lipinski definition) is 4. The van der Waals surface area contributed by atoms with Crippen LogP contribution in [0.5, 0.6) is 0 Å². The number of nitrogens with zero attached hydrogens (tertiary/aromatic N) is 1. The molecule has 1 N–H and O–H groups in total. The Kier molecular flexibility index (Phi) is 4.42. The number of rotatable bonds is 5. The first kappa shape index (κ1) is 10.1. The molecular weight excluding hydrogens is 188 g/mol. The van der Waals surface area contributed by atoms with Crippen LogP contribution in [0.4, 0.5) is 0 Å². The van der Waals surface area contributed by atoms with Gasteiger partial charge in [0.2, 0.25) is 5.91 Å². The topological polar surface area (TPSA) is 51.2 Å². The highest BCUT2D eigenvalue weighted by atomic mass is 32.1. The van der Waals surface area contributed by atoms with Crippen LogP contribution in [0.25, 0.3) is 0 Å². The molecule has 0 aliphatic rings. The first-order chi connectivity index (χ1) is 6.33. The molecule has 0 aliphatic heterocycles. The summed E-state index contributed by atoms with van der Waals surface area (Å²) in [5.41, 5.74) is 2.62. The van der Waals surface area contributed by atoms with E-state index in [1.54, 1.807) is 5.51 Å². The Labute approximate surface area is 80.9 Å². The van der Waals surface area contributed by atoms with E-state index in [1.165, 1.54) is 11.3 Å². The standard InChI is InChI=1S/C8H12N2O2S/c1-2-12-4-8(11)9-3-7-5-13-6-10-7/h5-6H,2-4H2,1H3,(H,9,11). The highest BCUT2D eigenvalue weighted by molar-refractivity contribution is 7.07. The molecular formula is C8H12N2O2S. The van der Waals surface area contributed by atoms with Crippen LogP contribution >= 0.6 is 11.3 Å². The number of ether oxygens (including phenoxy) is 1. The van der Waals surface area contributed by atoms with E-state index in [0.29, 0.717) is 13.2 Å². The van der Waals surface area contributed by atoms with E-state index in [-0.39, 0.29) is 12.5 Å². The minimum absolute atomic E-state index is 0.102. The minimum Gasteiger partial charge on any atom is -0.372 e. The average molecular weight is 200 g/mol. The molecule has 1 aromatic rings. The SMILES string of the molecule is CCOCC(=O)NCc1cscn1. The smallest absolute Gasteiger partial charge is 0.246 e. The van der Waals surface area contributed by atoms with Crippen molar-refractivity contribution in [2.75, 3.05) is 13.2 Å². The normalized spacial score (nSPS) is 9.92. The largest absolute Gasteiger partial charge is 0.372 e. The number of aromatic nitrogens is 1. The second kappa shape index (κ2) is 5.66. The van der Waals surface area contributed by atoms with Crippen molar-refractivity contribution >= 4 is 17.2 Å². The lowest BCUT2D eigenvalue weighted by molar-refractivity contribution is -0.125. The maximum atomic E-state index is 11.0. The van der Waals surface area contributed by atoms with E-state index < -0.39 is 0 Å². The minimum atomic E-state index is -0.102. The third-order valence-corrected chi connectivity index (χ3v) is 2.02. The molecule has 1 rings (SSSR count). The Hall–Kier alpha value is -0.940. The summed E-state index contributed by atoms with van der Waals surface area (Å²) in [4.78, 5) is 15.1. The zero-order valence-corrected chi connectivity index (χ0v) is 8.26. The van der Waals surface area contributed by atoms with E-state index in [0.717, 1.165) is 5.69 Å². The fraction of sp³-hybridized carbons (Fsp3) is 0.500. The van der Waals surface area contributed by atoms with Crippen LogP contribution in [0.1, 0.15) is 12.6 Å². The van der Waals surface area contributed by atoms with Gasteiger partial charge in [-0.15, -0.1) is 11.3 Å². The molecule has 13 heavy (non-hydrogen) atoms. The molecule has 0 fully saturated rings. The lowest BCUT2D eigenvalue weighted by atomic mass is 10.5. The van der Waals surface area contributed by atoms with Crippen molar-refractivity contribution in [1.82, 2.24) is 10.3 Å². The van der Waals surface area contributed by atoms with Crippen molar-refractivity contribution in [2.45, 2.75) is 13.5 Å². The summed E-state index contributed by atoms with van der Waals surface area (Å²) in [6.45, 7) is 3.02. The van der Waals surface area contributed by atoms with Crippen LogP contribution in [0.3, 0.4) is 0 Å². The molecule has 0 saturated heterocycles. The van der Waals surface area contributed by atoms with Crippen LogP contribution in [-0.2, 0) is 16.1 Å². The molecule has 0 aromatic carbocycles. The molecule has 0 atom stereocenters. The van der Waals surface area contributed by atoms with Gasteiger partial charge in [-0.3, -0.25) is 4.79 Å². The van der Waals surface area contributed by atoms with Gasteiger partial charge in [0.15, 0.2) is 0 Å². The predicted molar refractivity (Wildman–Crippen MR) is 50.5 cm³/mol. The van der Waals surface area contributed by atoms with Gasteiger partial charge in [-0.05, 0) is 6.92 Å². The zero-order valence-electron chi connectivity index (χ0n) is 7.45. The number of thiazole rings is 1. The average Bonchev–Trinajstić information content (AvgIpc) is 2.64. The lowest BCUT2D eigenvalue weighted by Gasteiger charge is -2.02. The fourth-order valence-corrected chi connectivity index (χ4v) is 1.32. The highest BCUT2D eigenvalue weighted by Gasteiger charge is 2.00. The van der Waals surface area contributed by atoms with Crippen LogP contribution in [0.2, 0.25) is 0 Å². The van der Waals surface area contributed by atoms with Crippen LogP contribution in [0, 0.1) is 0 Å². The van der Waals surface area contributed by atoms with Gasteiger partial charge in [0.25, 0.3) is 0 Å².